The van der Waals surface area contributed by atoms with E-state index in [-0.39, 0.29) is 6.04 Å². The molecule has 76 valence electrons. The van der Waals surface area contributed by atoms with Gasteiger partial charge >= 0.3 is 0 Å². The topological polar surface area (TPSA) is 26.0 Å². The minimum Gasteiger partial charge on any atom is -0.323 e. The molecule has 0 bridgehead atoms. The highest BCUT2D eigenvalue weighted by Crippen LogP contribution is 2.56. The van der Waals surface area contributed by atoms with Crippen LogP contribution in [0.5, 0.6) is 0 Å². The third-order valence-corrected chi connectivity index (χ3v) is 3.78. The molecule has 0 aliphatic heterocycles. The third kappa shape index (κ3) is 1.46. The minimum atomic E-state index is 0.244. The Labute approximate surface area is 86.3 Å². The van der Waals surface area contributed by atoms with Gasteiger partial charge in [0, 0.05) is 6.04 Å². The average Bonchev–Trinajstić information content (AvgIpc) is 2.98. The molecule has 1 saturated carbocycles. The number of rotatable bonds is 3. The normalized spacial score (nSPS) is 20.5. The van der Waals surface area contributed by atoms with Crippen LogP contribution >= 0.6 is 0 Å². The molecule has 1 aromatic carbocycles. The van der Waals surface area contributed by atoms with Gasteiger partial charge in [0.05, 0.1) is 0 Å². The highest BCUT2D eigenvalue weighted by Gasteiger charge is 2.46. The Morgan fingerprint density at radius 2 is 2.00 bits per heavy atom. The van der Waals surface area contributed by atoms with E-state index in [0.717, 1.165) is 0 Å². The van der Waals surface area contributed by atoms with Crippen LogP contribution in [0.2, 0.25) is 0 Å². The van der Waals surface area contributed by atoms with Crippen molar-refractivity contribution in [1.82, 2.24) is 0 Å². The molecule has 0 saturated heterocycles. The quantitative estimate of drug-likeness (QED) is 0.776. The predicted octanol–water partition coefficient (Wildman–Crippen LogP) is 3.19. The fraction of sp³-hybridized carbons (Fsp3) is 0.538. The molecule has 0 amide bonds. The maximum absolute atomic E-state index is 6.35. The van der Waals surface area contributed by atoms with E-state index < -0.39 is 0 Å². The molecular formula is C13H19N. The van der Waals surface area contributed by atoms with Gasteiger partial charge in [-0.25, -0.2) is 0 Å². The van der Waals surface area contributed by atoms with Gasteiger partial charge in [0.15, 0.2) is 0 Å². The highest BCUT2D eigenvalue weighted by molar-refractivity contribution is 5.31. The van der Waals surface area contributed by atoms with Gasteiger partial charge in [0.2, 0.25) is 0 Å². The molecule has 0 heterocycles. The van der Waals surface area contributed by atoms with E-state index in [0.29, 0.717) is 5.41 Å². The van der Waals surface area contributed by atoms with Crippen LogP contribution in [0.3, 0.4) is 0 Å². The van der Waals surface area contributed by atoms with Crippen LogP contribution in [0, 0.1) is 12.3 Å². The maximum Gasteiger partial charge on any atom is 0.0354 e. The van der Waals surface area contributed by atoms with Gasteiger partial charge in [0.25, 0.3) is 0 Å². The summed E-state index contributed by atoms with van der Waals surface area (Å²) in [7, 11) is 0. The predicted molar refractivity (Wildman–Crippen MR) is 60.1 cm³/mol. The molecule has 0 spiro atoms. The van der Waals surface area contributed by atoms with Crippen molar-refractivity contribution in [1.29, 1.82) is 0 Å². The summed E-state index contributed by atoms with van der Waals surface area (Å²) >= 11 is 0. The fourth-order valence-electron chi connectivity index (χ4n) is 2.31. The van der Waals surface area contributed by atoms with Gasteiger partial charge in [-0.05, 0) is 42.7 Å². The van der Waals surface area contributed by atoms with E-state index in [1.165, 1.54) is 30.4 Å². The summed E-state index contributed by atoms with van der Waals surface area (Å²) in [6.07, 6.45) is 3.82. The molecule has 1 aliphatic rings. The van der Waals surface area contributed by atoms with Crippen LogP contribution in [-0.2, 0) is 0 Å². The van der Waals surface area contributed by atoms with E-state index in [1.54, 1.807) is 0 Å². The Morgan fingerprint density at radius 3 is 2.50 bits per heavy atom. The first-order valence-electron chi connectivity index (χ1n) is 5.51. The van der Waals surface area contributed by atoms with Crippen molar-refractivity contribution >= 4 is 0 Å². The van der Waals surface area contributed by atoms with Gasteiger partial charge < -0.3 is 5.73 Å². The first kappa shape index (κ1) is 9.72. The van der Waals surface area contributed by atoms with Crippen LogP contribution in [0.25, 0.3) is 0 Å². The molecule has 14 heavy (non-hydrogen) atoms. The average molecular weight is 189 g/mol. The first-order valence-corrected chi connectivity index (χ1v) is 5.51. The first-order chi connectivity index (χ1) is 6.69. The van der Waals surface area contributed by atoms with Crippen molar-refractivity contribution in [2.75, 3.05) is 0 Å². The van der Waals surface area contributed by atoms with E-state index in [9.17, 15) is 0 Å². The van der Waals surface area contributed by atoms with E-state index in [4.69, 9.17) is 5.73 Å². The highest BCUT2D eigenvalue weighted by atomic mass is 14.7. The van der Waals surface area contributed by atoms with Crippen LogP contribution in [-0.4, -0.2) is 0 Å². The van der Waals surface area contributed by atoms with Gasteiger partial charge in [0.1, 0.15) is 0 Å². The Hall–Kier alpha value is -0.820. The van der Waals surface area contributed by atoms with Crippen molar-refractivity contribution < 1.29 is 0 Å². The molecule has 1 aromatic rings. The molecule has 1 fully saturated rings. The molecule has 0 aromatic heterocycles. The van der Waals surface area contributed by atoms with Gasteiger partial charge in [-0.2, -0.15) is 0 Å². The Kier molecular flexibility index (Phi) is 2.36. The van der Waals surface area contributed by atoms with E-state index >= 15 is 0 Å². The zero-order valence-corrected chi connectivity index (χ0v) is 9.09. The van der Waals surface area contributed by atoms with Crippen LogP contribution in [0.1, 0.15) is 43.4 Å². The lowest BCUT2D eigenvalue weighted by molar-refractivity contribution is 0.393. The summed E-state index contributed by atoms with van der Waals surface area (Å²) in [5.74, 6) is 0. The van der Waals surface area contributed by atoms with Crippen LogP contribution < -0.4 is 5.73 Å². The van der Waals surface area contributed by atoms with E-state index in [1.807, 2.05) is 0 Å². The number of hydrogen-bond donors (Lipinski definition) is 1. The molecule has 2 rings (SSSR count). The summed E-state index contributed by atoms with van der Waals surface area (Å²) in [6.45, 7) is 4.41. The largest absolute Gasteiger partial charge is 0.323 e. The van der Waals surface area contributed by atoms with Crippen molar-refractivity contribution in [2.24, 2.45) is 11.1 Å². The number of aryl methyl sites for hydroxylation is 1. The Bertz CT molecular complexity index is 326. The van der Waals surface area contributed by atoms with Gasteiger partial charge in [-0.3, -0.25) is 0 Å². The van der Waals surface area contributed by atoms with Crippen molar-refractivity contribution in [3.8, 4) is 0 Å². The summed E-state index contributed by atoms with van der Waals surface area (Å²) in [5.41, 5.74) is 9.44. The zero-order chi connectivity index (χ0) is 10.2. The second-order valence-corrected chi connectivity index (χ2v) is 4.55. The van der Waals surface area contributed by atoms with Crippen molar-refractivity contribution in [2.45, 2.75) is 39.2 Å². The molecule has 1 heteroatoms. The molecule has 1 aliphatic carbocycles. The van der Waals surface area contributed by atoms with Crippen molar-refractivity contribution in [3.63, 3.8) is 0 Å². The number of benzene rings is 1. The second kappa shape index (κ2) is 3.39. The minimum absolute atomic E-state index is 0.244. The standard InChI is InChI=1S/C13H19N/c1-3-13(8-9-13)12(14)11-7-5-4-6-10(11)2/h4-7,12H,3,8-9,14H2,1-2H3. The summed E-state index contributed by atoms with van der Waals surface area (Å²) in [5, 5.41) is 0. The van der Waals surface area contributed by atoms with Crippen LogP contribution in [0.4, 0.5) is 0 Å². The maximum atomic E-state index is 6.35. The molecule has 0 radical (unpaired) electrons. The number of nitrogens with two attached hydrogens (primary N) is 1. The lowest BCUT2D eigenvalue weighted by atomic mass is 9.86. The zero-order valence-electron chi connectivity index (χ0n) is 9.09. The molecule has 1 nitrogen and oxygen atoms in total. The van der Waals surface area contributed by atoms with Gasteiger partial charge in [-0.15, -0.1) is 0 Å². The van der Waals surface area contributed by atoms with E-state index in [2.05, 4.69) is 38.1 Å². The Morgan fingerprint density at radius 1 is 1.36 bits per heavy atom. The SMILES string of the molecule is CCC1(C(N)c2ccccc2C)CC1. The fourth-order valence-corrected chi connectivity index (χ4v) is 2.31. The Balaban J connectivity index is 2.27. The molecule has 1 unspecified atom stereocenters. The molecule has 2 N–H and O–H groups in total. The summed E-state index contributed by atoms with van der Waals surface area (Å²) in [4.78, 5) is 0. The lowest BCUT2D eigenvalue weighted by Gasteiger charge is -2.23. The summed E-state index contributed by atoms with van der Waals surface area (Å²) < 4.78 is 0. The number of hydrogen-bond acceptors (Lipinski definition) is 1. The monoisotopic (exact) mass is 189 g/mol. The van der Waals surface area contributed by atoms with Crippen molar-refractivity contribution in [3.05, 3.63) is 35.4 Å². The summed E-state index contributed by atoms with van der Waals surface area (Å²) in [6, 6.07) is 8.75. The molecule has 1 atom stereocenters. The molecular weight excluding hydrogens is 170 g/mol. The third-order valence-electron chi connectivity index (χ3n) is 3.78. The second-order valence-electron chi connectivity index (χ2n) is 4.55. The van der Waals surface area contributed by atoms with Crippen LogP contribution in [0.15, 0.2) is 24.3 Å². The van der Waals surface area contributed by atoms with Gasteiger partial charge in [-0.1, -0.05) is 31.2 Å². The smallest absolute Gasteiger partial charge is 0.0354 e. The lowest BCUT2D eigenvalue weighted by Crippen LogP contribution is -2.22.